The second kappa shape index (κ2) is 7.13. The number of benzene rings is 1. The van der Waals surface area contributed by atoms with E-state index in [-0.39, 0.29) is 0 Å². The smallest absolute Gasteiger partial charge is 0.168 e. The molecular formula is C15H15NO4. The van der Waals surface area contributed by atoms with Crippen molar-refractivity contribution in [2.24, 2.45) is 0 Å². The summed E-state index contributed by atoms with van der Waals surface area (Å²) in [6, 6.07) is 10.6. The Labute approximate surface area is 117 Å². The van der Waals surface area contributed by atoms with E-state index in [2.05, 4.69) is 4.98 Å². The summed E-state index contributed by atoms with van der Waals surface area (Å²) in [6.07, 6.45) is 2.20. The molecule has 0 unspecified atom stereocenters. The molecule has 0 aliphatic rings. The third-order valence-electron chi connectivity index (χ3n) is 2.56. The van der Waals surface area contributed by atoms with Crippen molar-refractivity contribution in [1.29, 1.82) is 0 Å². The Kier molecular flexibility index (Phi) is 4.94. The molecule has 104 valence electrons. The topological polar surface area (TPSA) is 57.7 Å². The Balaban J connectivity index is 1.73. The summed E-state index contributed by atoms with van der Waals surface area (Å²) in [4.78, 5) is 14.4. The number of hydrogen-bond acceptors (Lipinski definition) is 5. The molecule has 0 radical (unpaired) electrons. The van der Waals surface area contributed by atoms with Crippen molar-refractivity contribution in [3.63, 3.8) is 0 Å². The molecule has 1 heterocycles. The first kappa shape index (κ1) is 13.9. The Hall–Kier alpha value is -2.56. The molecule has 1 aromatic heterocycles. The summed E-state index contributed by atoms with van der Waals surface area (Å²) in [5.41, 5.74) is 0.381. The predicted octanol–water partition coefficient (Wildman–Crippen LogP) is 2.36. The van der Waals surface area contributed by atoms with E-state index < -0.39 is 0 Å². The maximum Gasteiger partial charge on any atom is 0.168 e. The van der Waals surface area contributed by atoms with Crippen LogP contribution in [-0.2, 0) is 0 Å². The highest BCUT2D eigenvalue weighted by Crippen LogP contribution is 2.17. The molecule has 0 aliphatic carbocycles. The lowest BCUT2D eigenvalue weighted by molar-refractivity contribution is 0.111. The van der Waals surface area contributed by atoms with Gasteiger partial charge in [0.1, 0.15) is 36.2 Å². The highest BCUT2D eigenvalue weighted by atomic mass is 16.5. The molecule has 2 rings (SSSR count). The van der Waals surface area contributed by atoms with Crippen molar-refractivity contribution >= 4 is 6.29 Å². The molecule has 0 atom stereocenters. The maximum absolute atomic E-state index is 10.4. The van der Waals surface area contributed by atoms with E-state index in [1.165, 1.54) is 6.20 Å². The number of aldehydes is 1. The molecule has 5 nitrogen and oxygen atoms in total. The normalized spacial score (nSPS) is 9.85. The van der Waals surface area contributed by atoms with Crippen LogP contribution in [0.2, 0.25) is 0 Å². The Bertz CT molecular complexity index is 537. The number of carbonyl (C=O) groups excluding carboxylic acids is 1. The number of aromatic nitrogens is 1. The van der Waals surface area contributed by atoms with Crippen molar-refractivity contribution in [3.8, 4) is 17.2 Å². The number of pyridine rings is 1. The Morgan fingerprint density at radius 1 is 0.950 bits per heavy atom. The van der Waals surface area contributed by atoms with Crippen molar-refractivity contribution in [1.82, 2.24) is 4.98 Å². The molecule has 1 aromatic carbocycles. The van der Waals surface area contributed by atoms with Gasteiger partial charge in [0.05, 0.1) is 13.3 Å². The van der Waals surface area contributed by atoms with Gasteiger partial charge in [-0.05, 0) is 36.4 Å². The fraction of sp³-hybridized carbons (Fsp3) is 0.200. The molecule has 0 fully saturated rings. The third kappa shape index (κ3) is 3.98. The average Bonchev–Trinajstić information content (AvgIpc) is 2.53. The van der Waals surface area contributed by atoms with Crippen LogP contribution >= 0.6 is 0 Å². The molecule has 0 spiro atoms. The molecule has 0 bridgehead atoms. The van der Waals surface area contributed by atoms with Crippen LogP contribution < -0.4 is 14.2 Å². The van der Waals surface area contributed by atoms with Gasteiger partial charge in [0.25, 0.3) is 0 Å². The zero-order valence-electron chi connectivity index (χ0n) is 11.1. The van der Waals surface area contributed by atoms with Gasteiger partial charge >= 0.3 is 0 Å². The minimum atomic E-state index is 0.381. The minimum Gasteiger partial charge on any atom is -0.497 e. The summed E-state index contributed by atoms with van der Waals surface area (Å²) in [7, 11) is 1.62. The predicted molar refractivity (Wildman–Crippen MR) is 73.6 cm³/mol. The first-order chi connectivity index (χ1) is 9.81. The van der Waals surface area contributed by atoms with E-state index in [1.54, 1.807) is 19.2 Å². The molecule has 2 aromatic rings. The van der Waals surface area contributed by atoms with Crippen LogP contribution in [0.3, 0.4) is 0 Å². The van der Waals surface area contributed by atoms with Gasteiger partial charge in [-0.3, -0.25) is 4.79 Å². The van der Waals surface area contributed by atoms with Gasteiger partial charge in [-0.25, -0.2) is 4.98 Å². The van der Waals surface area contributed by atoms with Crippen molar-refractivity contribution in [2.75, 3.05) is 20.3 Å². The van der Waals surface area contributed by atoms with Crippen LogP contribution in [0.5, 0.6) is 17.2 Å². The Morgan fingerprint density at radius 2 is 1.55 bits per heavy atom. The number of rotatable bonds is 7. The van der Waals surface area contributed by atoms with E-state index in [0.717, 1.165) is 11.5 Å². The summed E-state index contributed by atoms with van der Waals surface area (Å²) in [5, 5.41) is 0. The van der Waals surface area contributed by atoms with Crippen molar-refractivity contribution in [2.45, 2.75) is 0 Å². The zero-order valence-corrected chi connectivity index (χ0v) is 11.1. The number of methoxy groups -OCH3 is 1. The van der Waals surface area contributed by atoms with Crippen molar-refractivity contribution < 1.29 is 19.0 Å². The van der Waals surface area contributed by atoms with Gasteiger partial charge in [0.2, 0.25) is 0 Å². The van der Waals surface area contributed by atoms with E-state index in [9.17, 15) is 4.79 Å². The molecule has 5 heteroatoms. The molecule has 20 heavy (non-hydrogen) atoms. The summed E-state index contributed by atoms with van der Waals surface area (Å²) >= 11 is 0. The first-order valence-electron chi connectivity index (χ1n) is 6.12. The number of carbonyl (C=O) groups is 1. The number of hydrogen-bond donors (Lipinski definition) is 0. The summed E-state index contributed by atoms with van der Waals surface area (Å²) < 4.78 is 16.0. The maximum atomic E-state index is 10.4. The highest BCUT2D eigenvalue weighted by molar-refractivity contribution is 5.71. The van der Waals surface area contributed by atoms with E-state index in [1.807, 2.05) is 24.3 Å². The first-order valence-corrected chi connectivity index (χ1v) is 6.12. The van der Waals surface area contributed by atoms with Gasteiger partial charge < -0.3 is 14.2 Å². The second-order valence-corrected chi connectivity index (χ2v) is 3.91. The molecule has 0 saturated heterocycles. The molecule has 0 saturated carbocycles. The van der Waals surface area contributed by atoms with E-state index >= 15 is 0 Å². The van der Waals surface area contributed by atoms with Crippen LogP contribution in [0.4, 0.5) is 0 Å². The quantitative estimate of drug-likeness (QED) is 0.572. The minimum absolute atomic E-state index is 0.381. The molecule has 0 N–H and O–H groups in total. The van der Waals surface area contributed by atoms with Gasteiger partial charge in [-0.1, -0.05) is 0 Å². The van der Waals surface area contributed by atoms with E-state index in [4.69, 9.17) is 14.2 Å². The van der Waals surface area contributed by atoms with Crippen LogP contribution in [0, 0.1) is 0 Å². The largest absolute Gasteiger partial charge is 0.497 e. The SMILES string of the molecule is COc1ccc(OCCOc2ccc(C=O)nc2)cc1. The number of nitrogens with zero attached hydrogens (tertiary/aromatic N) is 1. The van der Waals surface area contributed by atoms with Gasteiger partial charge in [0, 0.05) is 0 Å². The lowest BCUT2D eigenvalue weighted by Gasteiger charge is -2.08. The molecule has 0 amide bonds. The van der Waals surface area contributed by atoms with Gasteiger partial charge in [-0.2, -0.15) is 0 Å². The number of ether oxygens (including phenoxy) is 3. The monoisotopic (exact) mass is 273 g/mol. The highest BCUT2D eigenvalue weighted by Gasteiger charge is 1.98. The van der Waals surface area contributed by atoms with Gasteiger partial charge in [-0.15, -0.1) is 0 Å². The lowest BCUT2D eigenvalue weighted by atomic mass is 10.3. The van der Waals surface area contributed by atoms with Crippen LogP contribution in [0.25, 0.3) is 0 Å². The lowest BCUT2D eigenvalue weighted by Crippen LogP contribution is -2.09. The average molecular weight is 273 g/mol. The summed E-state index contributed by atoms with van der Waals surface area (Å²) in [5.74, 6) is 2.15. The summed E-state index contributed by atoms with van der Waals surface area (Å²) in [6.45, 7) is 0.815. The fourth-order valence-corrected chi connectivity index (χ4v) is 1.54. The standard InChI is InChI=1S/C15H15NO4/c1-18-13-4-6-14(7-5-13)19-8-9-20-15-3-2-12(11-17)16-10-15/h2-7,10-11H,8-9H2,1H3. The zero-order chi connectivity index (χ0) is 14.2. The molecular weight excluding hydrogens is 258 g/mol. The second-order valence-electron chi connectivity index (χ2n) is 3.91. The third-order valence-corrected chi connectivity index (χ3v) is 2.56. The van der Waals surface area contributed by atoms with E-state index in [0.29, 0.717) is 30.9 Å². The fourth-order valence-electron chi connectivity index (χ4n) is 1.54. The Morgan fingerprint density at radius 3 is 2.10 bits per heavy atom. The molecule has 0 aliphatic heterocycles. The van der Waals surface area contributed by atoms with Gasteiger partial charge in [0.15, 0.2) is 6.29 Å². The van der Waals surface area contributed by atoms with Crippen LogP contribution in [0.1, 0.15) is 10.5 Å². The van der Waals surface area contributed by atoms with Crippen LogP contribution in [0.15, 0.2) is 42.6 Å². The van der Waals surface area contributed by atoms with Crippen molar-refractivity contribution in [3.05, 3.63) is 48.3 Å². The van der Waals surface area contributed by atoms with Crippen LogP contribution in [-0.4, -0.2) is 31.6 Å².